The smallest absolute Gasteiger partial charge is 0.374 e. The average Bonchev–Trinajstić information content (AvgIpc) is 2.95. The van der Waals surface area contributed by atoms with E-state index < -0.39 is 5.97 Å². The van der Waals surface area contributed by atoms with Gasteiger partial charge in [-0.25, -0.2) is 4.79 Å². The van der Waals surface area contributed by atoms with E-state index in [1.807, 2.05) is 35.2 Å². The number of aliphatic hydroxyl groups is 1. The number of furan rings is 1. The quantitative estimate of drug-likeness (QED) is 0.818. The van der Waals surface area contributed by atoms with Gasteiger partial charge in [-0.05, 0) is 18.2 Å². The molecule has 2 rings (SSSR count). The second-order valence-electron chi connectivity index (χ2n) is 4.25. The first-order valence-electron chi connectivity index (χ1n) is 6.31. The highest BCUT2D eigenvalue weighted by atomic mass is 16.5. The molecule has 0 fully saturated rings. The number of carbonyl (C=O) groups is 1. The first-order chi connectivity index (χ1) is 9.76. The number of rotatable bonds is 6. The van der Waals surface area contributed by atoms with Gasteiger partial charge < -0.3 is 19.2 Å². The molecule has 0 aliphatic carbocycles. The fraction of sp³-hybridized carbons (Fsp3) is 0.267. The highest BCUT2D eigenvalue weighted by Gasteiger charge is 2.18. The van der Waals surface area contributed by atoms with Crippen LogP contribution in [0.5, 0.6) is 0 Å². The third-order valence-corrected chi connectivity index (χ3v) is 2.97. The number of aliphatic hydroxyl groups excluding tert-OH is 1. The molecule has 0 saturated carbocycles. The molecule has 0 aliphatic heterocycles. The summed E-state index contributed by atoms with van der Waals surface area (Å²) in [7, 11) is 1.32. The van der Waals surface area contributed by atoms with E-state index in [-0.39, 0.29) is 12.4 Å². The molecule has 0 saturated heterocycles. The standard InChI is InChI=1S/C15H17NO4/c1-19-15(18)14-12(7-10-20-14)11-16(8-9-17)13-5-3-2-4-6-13/h2-7,10,17H,8-9,11H2,1H3. The third-order valence-electron chi connectivity index (χ3n) is 2.97. The largest absolute Gasteiger partial charge is 0.463 e. The fourth-order valence-corrected chi connectivity index (χ4v) is 2.00. The molecule has 0 radical (unpaired) electrons. The van der Waals surface area contributed by atoms with Crippen molar-refractivity contribution in [2.75, 3.05) is 25.2 Å². The summed E-state index contributed by atoms with van der Waals surface area (Å²) >= 11 is 0. The van der Waals surface area contributed by atoms with E-state index in [2.05, 4.69) is 4.74 Å². The summed E-state index contributed by atoms with van der Waals surface area (Å²) in [6, 6.07) is 11.4. The predicted molar refractivity (Wildman–Crippen MR) is 74.6 cm³/mol. The van der Waals surface area contributed by atoms with Gasteiger partial charge in [0.05, 0.1) is 20.0 Å². The van der Waals surface area contributed by atoms with Crippen molar-refractivity contribution in [3.63, 3.8) is 0 Å². The molecule has 20 heavy (non-hydrogen) atoms. The minimum Gasteiger partial charge on any atom is -0.463 e. The molecule has 0 amide bonds. The van der Waals surface area contributed by atoms with Gasteiger partial charge in [0.1, 0.15) is 0 Å². The number of nitrogens with zero attached hydrogens (tertiary/aromatic N) is 1. The van der Waals surface area contributed by atoms with Gasteiger partial charge in [-0.1, -0.05) is 18.2 Å². The van der Waals surface area contributed by atoms with Crippen LogP contribution in [0.15, 0.2) is 47.1 Å². The van der Waals surface area contributed by atoms with Gasteiger partial charge in [0.15, 0.2) is 0 Å². The monoisotopic (exact) mass is 275 g/mol. The van der Waals surface area contributed by atoms with Crippen LogP contribution in [-0.2, 0) is 11.3 Å². The molecule has 0 aliphatic rings. The number of hydrogen-bond acceptors (Lipinski definition) is 5. The van der Waals surface area contributed by atoms with Crippen LogP contribution in [-0.4, -0.2) is 31.3 Å². The Bertz CT molecular complexity index is 550. The van der Waals surface area contributed by atoms with Crippen LogP contribution >= 0.6 is 0 Å². The number of methoxy groups -OCH3 is 1. The van der Waals surface area contributed by atoms with Gasteiger partial charge in [0.2, 0.25) is 5.76 Å². The van der Waals surface area contributed by atoms with E-state index in [1.165, 1.54) is 13.4 Å². The number of benzene rings is 1. The van der Waals surface area contributed by atoms with Gasteiger partial charge in [-0.3, -0.25) is 0 Å². The van der Waals surface area contributed by atoms with Crippen molar-refractivity contribution in [1.29, 1.82) is 0 Å². The molecule has 0 atom stereocenters. The first kappa shape index (κ1) is 14.1. The summed E-state index contributed by atoms with van der Waals surface area (Å²) in [5, 5.41) is 9.19. The number of ether oxygens (including phenoxy) is 1. The lowest BCUT2D eigenvalue weighted by atomic mass is 10.2. The Balaban J connectivity index is 2.21. The zero-order chi connectivity index (χ0) is 14.4. The van der Waals surface area contributed by atoms with Gasteiger partial charge in [0.25, 0.3) is 0 Å². The molecule has 1 heterocycles. The van der Waals surface area contributed by atoms with Crippen LogP contribution in [0.4, 0.5) is 5.69 Å². The van der Waals surface area contributed by atoms with Crippen LogP contribution < -0.4 is 4.90 Å². The summed E-state index contributed by atoms with van der Waals surface area (Å²) in [5.74, 6) is -0.298. The van der Waals surface area contributed by atoms with E-state index in [1.54, 1.807) is 6.07 Å². The fourth-order valence-electron chi connectivity index (χ4n) is 2.00. The highest BCUT2D eigenvalue weighted by molar-refractivity contribution is 5.87. The van der Waals surface area contributed by atoms with Crippen LogP contribution in [0.25, 0.3) is 0 Å². The van der Waals surface area contributed by atoms with Crippen LogP contribution in [0, 0.1) is 0 Å². The van der Waals surface area contributed by atoms with Crippen LogP contribution in [0.3, 0.4) is 0 Å². The molecule has 1 aromatic carbocycles. The molecule has 1 N–H and O–H groups in total. The summed E-state index contributed by atoms with van der Waals surface area (Å²) in [4.78, 5) is 13.6. The number of esters is 1. The lowest BCUT2D eigenvalue weighted by molar-refractivity contribution is 0.0563. The molecular weight excluding hydrogens is 258 g/mol. The molecule has 2 aromatic rings. The maximum absolute atomic E-state index is 11.6. The van der Waals surface area contributed by atoms with Crippen molar-refractivity contribution in [3.8, 4) is 0 Å². The lowest BCUT2D eigenvalue weighted by Gasteiger charge is -2.23. The van der Waals surface area contributed by atoms with Crippen molar-refractivity contribution >= 4 is 11.7 Å². The summed E-state index contributed by atoms with van der Waals surface area (Å²) in [6.45, 7) is 0.960. The Morgan fingerprint density at radius 1 is 1.30 bits per heavy atom. The van der Waals surface area contributed by atoms with Gasteiger partial charge >= 0.3 is 5.97 Å². The normalized spacial score (nSPS) is 10.3. The maximum atomic E-state index is 11.6. The van der Waals surface area contributed by atoms with Crippen molar-refractivity contribution in [2.24, 2.45) is 0 Å². The van der Waals surface area contributed by atoms with Gasteiger partial charge in [0, 0.05) is 24.3 Å². The van der Waals surface area contributed by atoms with Crippen LogP contribution in [0.1, 0.15) is 16.1 Å². The van der Waals surface area contributed by atoms with E-state index >= 15 is 0 Å². The van der Waals surface area contributed by atoms with Crippen molar-refractivity contribution in [2.45, 2.75) is 6.54 Å². The molecule has 106 valence electrons. The summed E-state index contributed by atoms with van der Waals surface area (Å²) in [6.07, 6.45) is 1.46. The van der Waals surface area contributed by atoms with E-state index in [0.717, 1.165) is 11.3 Å². The summed E-state index contributed by atoms with van der Waals surface area (Å²) in [5.41, 5.74) is 1.70. The van der Waals surface area contributed by atoms with Gasteiger partial charge in [-0.2, -0.15) is 0 Å². The van der Waals surface area contributed by atoms with Gasteiger partial charge in [-0.15, -0.1) is 0 Å². The Morgan fingerprint density at radius 3 is 2.70 bits per heavy atom. The minimum absolute atomic E-state index is 0.0281. The zero-order valence-electron chi connectivity index (χ0n) is 11.3. The predicted octanol–water partition coefficient (Wildman–Crippen LogP) is 2.07. The summed E-state index contributed by atoms with van der Waals surface area (Å²) < 4.78 is 9.85. The minimum atomic E-state index is -0.498. The Morgan fingerprint density at radius 2 is 2.05 bits per heavy atom. The van der Waals surface area contributed by atoms with Crippen molar-refractivity contribution in [3.05, 3.63) is 54.0 Å². The van der Waals surface area contributed by atoms with Crippen LogP contribution in [0.2, 0.25) is 0 Å². The molecule has 5 nitrogen and oxygen atoms in total. The highest BCUT2D eigenvalue weighted by Crippen LogP contribution is 2.19. The second kappa shape index (κ2) is 6.77. The first-order valence-corrected chi connectivity index (χ1v) is 6.31. The van der Waals surface area contributed by atoms with E-state index in [0.29, 0.717) is 13.1 Å². The van der Waals surface area contributed by atoms with Crippen molar-refractivity contribution < 1.29 is 19.1 Å². The average molecular weight is 275 g/mol. The third kappa shape index (κ3) is 3.19. The number of hydrogen-bond donors (Lipinski definition) is 1. The number of para-hydroxylation sites is 1. The SMILES string of the molecule is COC(=O)c1occc1CN(CCO)c1ccccc1. The topological polar surface area (TPSA) is 62.9 Å². The molecule has 0 unspecified atom stereocenters. The molecular formula is C15H17NO4. The lowest BCUT2D eigenvalue weighted by Crippen LogP contribution is -2.26. The number of carbonyl (C=O) groups excluding carboxylic acids is 1. The maximum Gasteiger partial charge on any atom is 0.374 e. The second-order valence-corrected chi connectivity index (χ2v) is 4.25. The van der Waals surface area contributed by atoms with E-state index in [4.69, 9.17) is 4.42 Å². The molecule has 5 heteroatoms. The Kier molecular flexibility index (Phi) is 4.79. The van der Waals surface area contributed by atoms with E-state index in [9.17, 15) is 9.90 Å². The molecule has 0 bridgehead atoms. The zero-order valence-corrected chi connectivity index (χ0v) is 11.3. The molecule has 1 aromatic heterocycles. The van der Waals surface area contributed by atoms with Crippen molar-refractivity contribution in [1.82, 2.24) is 0 Å². The Labute approximate surface area is 117 Å². The molecule has 0 spiro atoms. The number of anilines is 1. The Hall–Kier alpha value is -2.27.